The number of anilines is 1. The summed E-state index contributed by atoms with van der Waals surface area (Å²) in [5.41, 5.74) is 3.62. The molecule has 0 heterocycles. The molecular weight excluding hydrogens is 514 g/mol. The van der Waals surface area contributed by atoms with Gasteiger partial charge in [0, 0.05) is 30.6 Å². The molecule has 0 fully saturated rings. The van der Waals surface area contributed by atoms with Gasteiger partial charge in [0.15, 0.2) is 0 Å². The molecule has 0 radical (unpaired) electrons. The van der Waals surface area contributed by atoms with Gasteiger partial charge < -0.3 is 20.8 Å². The topological polar surface area (TPSA) is 128 Å². The van der Waals surface area contributed by atoms with Crippen molar-refractivity contribution in [3.8, 4) is 0 Å². The van der Waals surface area contributed by atoms with E-state index in [1.807, 2.05) is 68.4 Å². The van der Waals surface area contributed by atoms with Crippen molar-refractivity contribution in [1.82, 2.24) is 10.0 Å². The Labute approximate surface area is 230 Å². The van der Waals surface area contributed by atoms with Gasteiger partial charge in [0.25, 0.3) is 0 Å². The summed E-state index contributed by atoms with van der Waals surface area (Å²) < 4.78 is 28.1. The highest BCUT2D eigenvalue weighted by Crippen LogP contribution is 2.32. The average Bonchev–Trinajstić information content (AvgIpc) is 3.22. The first-order chi connectivity index (χ1) is 18.6. The van der Waals surface area contributed by atoms with Crippen molar-refractivity contribution in [3.05, 3.63) is 95.6 Å². The molecule has 0 unspecified atom stereocenters. The Bertz CT molecular complexity index is 1350. The molecular formula is C30H37N3O5S. The highest BCUT2D eigenvalue weighted by atomic mass is 32.2. The number of sulfonamides is 1. The van der Waals surface area contributed by atoms with E-state index < -0.39 is 34.2 Å². The lowest BCUT2D eigenvalue weighted by atomic mass is 9.92. The number of rotatable bonds is 12. The van der Waals surface area contributed by atoms with Crippen molar-refractivity contribution < 1.29 is 23.4 Å². The predicted molar refractivity (Wildman–Crippen MR) is 152 cm³/mol. The van der Waals surface area contributed by atoms with Crippen LogP contribution in [0, 0.1) is 5.92 Å². The van der Waals surface area contributed by atoms with Gasteiger partial charge in [0.2, 0.25) is 15.9 Å². The molecule has 0 aromatic heterocycles. The van der Waals surface area contributed by atoms with Crippen LogP contribution >= 0.6 is 0 Å². The zero-order chi connectivity index (χ0) is 28.0. The van der Waals surface area contributed by atoms with Crippen LogP contribution in [0.2, 0.25) is 0 Å². The van der Waals surface area contributed by atoms with Crippen LogP contribution in [0.5, 0.6) is 0 Å². The van der Waals surface area contributed by atoms with Gasteiger partial charge in [-0.25, -0.2) is 13.1 Å². The van der Waals surface area contributed by atoms with Crippen LogP contribution in [0.4, 0.5) is 5.69 Å². The van der Waals surface area contributed by atoms with E-state index in [4.69, 9.17) is 0 Å². The Hall–Kier alpha value is -3.24. The summed E-state index contributed by atoms with van der Waals surface area (Å²) in [5, 5.41) is 27.6. The van der Waals surface area contributed by atoms with Gasteiger partial charge >= 0.3 is 0 Å². The second-order valence-electron chi connectivity index (χ2n) is 10.4. The Morgan fingerprint density at radius 2 is 1.64 bits per heavy atom. The zero-order valence-corrected chi connectivity index (χ0v) is 23.1. The predicted octanol–water partition coefficient (Wildman–Crippen LogP) is 3.17. The molecule has 1 aliphatic rings. The van der Waals surface area contributed by atoms with Gasteiger partial charge in [-0.15, -0.1) is 0 Å². The number of carbonyl (C=O) groups excluding carboxylic acids is 1. The Morgan fingerprint density at radius 3 is 2.33 bits per heavy atom. The van der Waals surface area contributed by atoms with Gasteiger partial charge in [-0.2, -0.15) is 0 Å². The first-order valence-corrected chi connectivity index (χ1v) is 14.7. The summed E-state index contributed by atoms with van der Waals surface area (Å²) >= 11 is 0. The van der Waals surface area contributed by atoms with Gasteiger partial charge in [0.05, 0.1) is 23.1 Å². The SMILES string of the molecule is CC(C)Nc1ccc(S(=O)(=O)NC[C@@H](O)C[C@@H](Cc2ccccc2)C(=O)N[C@H]2c3ccccc3C[C@H]2O)cc1. The van der Waals surface area contributed by atoms with E-state index in [0.717, 1.165) is 22.4 Å². The van der Waals surface area contributed by atoms with Gasteiger partial charge in [0.1, 0.15) is 0 Å². The van der Waals surface area contributed by atoms with Crippen LogP contribution in [0.25, 0.3) is 0 Å². The first kappa shape index (κ1) is 28.8. The normalized spacial score (nSPS) is 18.4. The van der Waals surface area contributed by atoms with Crippen LogP contribution in [-0.4, -0.2) is 49.3 Å². The van der Waals surface area contributed by atoms with Crippen molar-refractivity contribution >= 4 is 21.6 Å². The van der Waals surface area contributed by atoms with Crippen LogP contribution < -0.4 is 15.4 Å². The number of amides is 1. The fourth-order valence-electron chi connectivity index (χ4n) is 4.97. The maximum atomic E-state index is 13.4. The standard InChI is InChI=1S/C30H37N3O5S/c1-20(2)32-24-12-14-26(15-13-24)39(37,38)31-19-25(34)17-23(16-21-8-4-3-5-9-21)30(36)33-29-27-11-7-6-10-22(27)18-28(29)35/h3-15,20,23,25,28-29,31-32,34-35H,16-19H2,1-2H3,(H,33,36)/t23-,25+,28-,29+/m1/s1. The van der Waals surface area contributed by atoms with E-state index >= 15 is 0 Å². The molecule has 3 aromatic carbocycles. The highest BCUT2D eigenvalue weighted by molar-refractivity contribution is 7.89. The summed E-state index contributed by atoms with van der Waals surface area (Å²) in [6.07, 6.45) is -0.955. The summed E-state index contributed by atoms with van der Waals surface area (Å²) in [7, 11) is -3.85. The number of benzene rings is 3. The molecule has 1 aliphatic carbocycles. The van der Waals surface area contributed by atoms with Crippen molar-refractivity contribution in [2.24, 2.45) is 5.92 Å². The van der Waals surface area contributed by atoms with E-state index in [2.05, 4.69) is 15.4 Å². The average molecular weight is 552 g/mol. The van der Waals surface area contributed by atoms with E-state index in [0.29, 0.717) is 12.8 Å². The minimum Gasteiger partial charge on any atom is -0.392 e. The number of aliphatic hydroxyl groups is 2. The van der Waals surface area contributed by atoms with Crippen molar-refractivity contribution in [2.45, 2.75) is 62.3 Å². The molecule has 39 heavy (non-hydrogen) atoms. The number of hydrogen-bond acceptors (Lipinski definition) is 6. The summed E-state index contributed by atoms with van der Waals surface area (Å²) in [4.78, 5) is 13.5. The number of carbonyl (C=O) groups is 1. The quantitative estimate of drug-likeness (QED) is 0.235. The Balaban J connectivity index is 1.42. The lowest BCUT2D eigenvalue weighted by Crippen LogP contribution is -2.41. The molecule has 4 atom stereocenters. The third-order valence-electron chi connectivity index (χ3n) is 6.88. The molecule has 8 nitrogen and oxygen atoms in total. The second kappa shape index (κ2) is 12.7. The maximum absolute atomic E-state index is 13.4. The second-order valence-corrected chi connectivity index (χ2v) is 12.2. The minimum absolute atomic E-state index is 0.0466. The molecule has 0 saturated carbocycles. The van der Waals surface area contributed by atoms with Crippen LogP contribution in [0.15, 0.2) is 83.8 Å². The van der Waals surface area contributed by atoms with Crippen molar-refractivity contribution in [2.75, 3.05) is 11.9 Å². The molecule has 208 valence electrons. The van der Waals surface area contributed by atoms with Crippen molar-refractivity contribution in [1.29, 1.82) is 0 Å². The molecule has 0 bridgehead atoms. The Morgan fingerprint density at radius 1 is 0.974 bits per heavy atom. The number of nitrogens with one attached hydrogen (secondary N) is 3. The van der Waals surface area contributed by atoms with E-state index in [-0.39, 0.29) is 29.8 Å². The van der Waals surface area contributed by atoms with Crippen LogP contribution in [0.1, 0.15) is 43.0 Å². The minimum atomic E-state index is -3.85. The number of fused-ring (bicyclic) bond motifs is 1. The first-order valence-electron chi connectivity index (χ1n) is 13.3. The van der Waals surface area contributed by atoms with E-state index in [1.54, 1.807) is 12.1 Å². The molecule has 0 spiro atoms. The summed E-state index contributed by atoms with van der Waals surface area (Å²) in [5.74, 6) is -0.928. The van der Waals surface area contributed by atoms with E-state index in [1.165, 1.54) is 12.1 Å². The van der Waals surface area contributed by atoms with Gasteiger partial charge in [-0.05, 0) is 67.6 Å². The molecule has 4 rings (SSSR count). The zero-order valence-electron chi connectivity index (χ0n) is 22.2. The molecule has 9 heteroatoms. The lowest BCUT2D eigenvalue weighted by molar-refractivity contribution is -0.127. The van der Waals surface area contributed by atoms with E-state index in [9.17, 15) is 23.4 Å². The maximum Gasteiger partial charge on any atom is 0.240 e. The molecule has 0 aliphatic heterocycles. The number of aliphatic hydroxyl groups excluding tert-OH is 2. The van der Waals surface area contributed by atoms with Gasteiger partial charge in [-0.1, -0.05) is 54.6 Å². The third-order valence-corrected chi connectivity index (χ3v) is 8.32. The smallest absolute Gasteiger partial charge is 0.240 e. The lowest BCUT2D eigenvalue weighted by Gasteiger charge is -2.24. The summed E-state index contributed by atoms with van der Waals surface area (Å²) in [6, 6.07) is 23.2. The monoisotopic (exact) mass is 551 g/mol. The molecule has 1 amide bonds. The summed E-state index contributed by atoms with van der Waals surface area (Å²) in [6.45, 7) is 3.75. The fourth-order valence-corrected chi connectivity index (χ4v) is 6.04. The number of hydrogen-bond donors (Lipinski definition) is 5. The molecule has 3 aromatic rings. The fraction of sp³-hybridized carbons (Fsp3) is 0.367. The van der Waals surface area contributed by atoms with Crippen LogP contribution in [-0.2, 0) is 27.7 Å². The Kier molecular flexibility index (Phi) is 9.40. The third kappa shape index (κ3) is 7.67. The largest absolute Gasteiger partial charge is 0.392 e. The van der Waals surface area contributed by atoms with Crippen LogP contribution in [0.3, 0.4) is 0 Å². The van der Waals surface area contributed by atoms with Gasteiger partial charge in [-0.3, -0.25) is 4.79 Å². The molecule has 0 saturated heterocycles. The van der Waals surface area contributed by atoms with Crippen molar-refractivity contribution in [3.63, 3.8) is 0 Å². The molecule has 5 N–H and O–H groups in total. The highest BCUT2D eigenvalue weighted by Gasteiger charge is 2.34.